The van der Waals surface area contributed by atoms with E-state index < -0.39 is 11.8 Å². The molecule has 24 heavy (non-hydrogen) atoms. The number of pyridine rings is 1. The molecule has 0 aliphatic heterocycles. The van der Waals surface area contributed by atoms with Gasteiger partial charge in [-0.3, -0.25) is 25.4 Å². The molecule has 7 heteroatoms. The molecule has 2 aromatic heterocycles. The minimum absolute atomic E-state index is 0.197. The first kappa shape index (κ1) is 15.4. The van der Waals surface area contributed by atoms with Crippen molar-refractivity contribution in [3.63, 3.8) is 0 Å². The number of hydrogen-bond donors (Lipinski definition) is 2. The molecule has 0 saturated heterocycles. The molecule has 1 aromatic carbocycles. The fraction of sp³-hybridized carbons (Fsp3) is 0.0588. The van der Waals surface area contributed by atoms with Crippen molar-refractivity contribution in [3.05, 3.63) is 71.7 Å². The fourth-order valence-corrected chi connectivity index (χ4v) is 2.17. The average Bonchev–Trinajstić information content (AvgIpc) is 3.02. The summed E-state index contributed by atoms with van der Waals surface area (Å²) in [6.07, 6.45) is 1.49. The van der Waals surface area contributed by atoms with Gasteiger partial charge in [0.05, 0.1) is 0 Å². The summed E-state index contributed by atoms with van der Waals surface area (Å²) >= 11 is 0. The molecule has 2 amide bonds. The zero-order chi connectivity index (χ0) is 16.9. The van der Waals surface area contributed by atoms with E-state index in [1.54, 1.807) is 25.1 Å². The molecule has 0 aliphatic carbocycles. The van der Waals surface area contributed by atoms with Gasteiger partial charge in [0.25, 0.3) is 11.8 Å². The van der Waals surface area contributed by atoms with Crippen LogP contribution < -0.4 is 10.9 Å². The largest absolute Gasteiger partial charge is 0.360 e. The molecule has 0 saturated carbocycles. The summed E-state index contributed by atoms with van der Waals surface area (Å²) in [4.78, 5) is 28.2. The van der Waals surface area contributed by atoms with Crippen LogP contribution in [0.5, 0.6) is 0 Å². The molecular formula is C17H14N4O3. The first-order chi connectivity index (χ1) is 11.7. The molecule has 0 fully saturated rings. The molecule has 120 valence electrons. The Morgan fingerprint density at radius 3 is 2.38 bits per heavy atom. The van der Waals surface area contributed by atoms with Gasteiger partial charge in [-0.05, 0) is 19.1 Å². The molecule has 7 nitrogen and oxygen atoms in total. The summed E-state index contributed by atoms with van der Waals surface area (Å²) in [6.45, 7) is 1.63. The molecule has 2 heterocycles. The Bertz CT molecular complexity index is 860. The van der Waals surface area contributed by atoms with Crippen LogP contribution in [0.25, 0.3) is 11.3 Å². The predicted octanol–water partition coefficient (Wildman–Crippen LogP) is 2.12. The van der Waals surface area contributed by atoms with Gasteiger partial charge in [-0.15, -0.1) is 0 Å². The van der Waals surface area contributed by atoms with Gasteiger partial charge < -0.3 is 4.52 Å². The zero-order valence-electron chi connectivity index (χ0n) is 12.8. The summed E-state index contributed by atoms with van der Waals surface area (Å²) in [7, 11) is 0. The van der Waals surface area contributed by atoms with Crippen LogP contribution in [0.1, 0.15) is 26.6 Å². The van der Waals surface area contributed by atoms with Crippen molar-refractivity contribution in [3.8, 4) is 11.3 Å². The second-order valence-corrected chi connectivity index (χ2v) is 4.95. The van der Waals surface area contributed by atoms with Gasteiger partial charge in [0.1, 0.15) is 22.7 Å². The number of nitrogens with one attached hydrogen (secondary N) is 2. The Labute approximate surface area is 137 Å². The summed E-state index contributed by atoms with van der Waals surface area (Å²) in [5, 5.41) is 3.93. The molecule has 0 spiro atoms. The number of nitrogens with zero attached hydrogens (tertiary/aromatic N) is 2. The number of rotatable bonds is 3. The summed E-state index contributed by atoms with van der Waals surface area (Å²) in [5.41, 5.74) is 6.30. The van der Waals surface area contributed by atoms with Crippen molar-refractivity contribution >= 4 is 11.8 Å². The number of carbonyl (C=O) groups is 2. The van der Waals surface area contributed by atoms with E-state index in [2.05, 4.69) is 21.0 Å². The van der Waals surface area contributed by atoms with Crippen LogP contribution in [0.4, 0.5) is 0 Å². The lowest BCUT2D eigenvalue weighted by Crippen LogP contribution is -2.42. The molecule has 0 radical (unpaired) electrons. The quantitative estimate of drug-likeness (QED) is 0.720. The third kappa shape index (κ3) is 3.14. The van der Waals surface area contributed by atoms with Gasteiger partial charge in [0, 0.05) is 11.8 Å². The molecular weight excluding hydrogens is 308 g/mol. The van der Waals surface area contributed by atoms with Gasteiger partial charge in [-0.2, -0.15) is 0 Å². The number of benzene rings is 1. The highest BCUT2D eigenvalue weighted by molar-refractivity contribution is 6.02. The normalized spacial score (nSPS) is 10.2. The van der Waals surface area contributed by atoms with Crippen molar-refractivity contribution in [2.45, 2.75) is 6.92 Å². The van der Waals surface area contributed by atoms with E-state index in [1.807, 2.05) is 30.3 Å². The van der Waals surface area contributed by atoms with Crippen molar-refractivity contribution in [2.24, 2.45) is 0 Å². The topological polar surface area (TPSA) is 97.1 Å². The third-order valence-corrected chi connectivity index (χ3v) is 3.32. The number of aryl methyl sites for hydroxylation is 1. The second kappa shape index (κ2) is 6.74. The Morgan fingerprint density at radius 2 is 1.67 bits per heavy atom. The lowest BCUT2D eigenvalue weighted by Gasteiger charge is -2.07. The van der Waals surface area contributed by atoms with E-state index in [0.717, 1.165) is 5.56 Å². The first-order valence-electron chi connectivity index (χ1n) is 7.20. The van der Waals surface area contributed by atoms with Crippen LogP contribution in [0.3, 0.4) is 0 Å². The lowest BCUT2D eigenvalue weighted by molar-refractivity contribution is 0.0843. The minimum atomic E-state index is -0.517. The molecule has 0 bridgehead atoms. The number of aromatic nitrogens is 2. The first-order valence-corrected chi connectivity index (χ1v) is 7.20. The molecule has 2 N–H and O–H groups in total. The van der Waals surface area contributed by atoms with Crippen LogP contribution in [0, 0.1) is 6.92 Å². The Morgan fingerprint density at radius 1 is 0.958 bits per heavy atom. The van der Waals surface area contributed by atoms with Gasteiger partial charge in [-0.1, -0.05) is 41.6 Å². The highest BCUT2D eigenvalue weighted by Gasteiger charge is 2.22. The van der Waals surface area contributed by atoms with Crippen LogP contribution in [-0.2, 0) is 0 Å². The highest BCUT2D eigenvalue weighted by atomic mass is 16.5. The summed E-state index contributed by atoms with van der Waals surface area (Å²) in [5.74, 6) is -0.672. The maximum absolute atomic E-state index is 12.4. The maximum Gasteiger partial charge on any atom is 0.288 e. The number of amides is 2. The fourth-order valence-electron chi connectivity index (χ4n) is 2.17. The van der Waals surface area contributed by atoms with Gasteiger partial charge in [0.2, 0.25) is 0 Å². The van der Waals surface area contributed by atoms with Crippen LogP contribution >= 0.6 is 0 Å². The van der Waals surface area contributed by atoms with Crippen LogP contribution in [0.2, 0.25) is 0 Å². The number of carbonyl (C=O) groups excluding carboxylic acids is 2. The average molecular weight is 322 g/mol. The lowest BCUT2D eigenvalue weighted by atomic mass is 10.1. The van der Waals surface area contributed by atoms with Gasteiger partial charge in [-0.25, -0.2) is 0 Å². The van der Waals surface area contributed by atoms with E-state index in [-0.39, 0.29) is 11.3 Å². The molecule has 0 atom stereocenters. The smallest absolute Gasteiger partial charge is 0.288 e. The van der Waals surface area contributed by atoms with Crippen LogP contribution in [0.15, 0.2) is 59.3 Å². The van der Waals surface area contributed by atoms with E-state index in [9.17, 15) is 9.59 Å². The molecule has 3 rings (SSSR count). The zero-order valence-corrected chi connectivity index (χ0v) is 12.8. The standard InChI is InChI=1S/C17H14N4O3/c1-11-14(15(21-24-11)12-7-3-2-4-8-12)17(23)20-19-16(22)13-9-5-6-10-18-13/h2-10H,1H3,(H,19,22)(H,20,23). The van der Waals surface area contributed by atoms with Crippen molar-refractivity contribution in [1.82, 2.24) is 21.0 Å². The highest BCUT2D eigenvalue weighted by Crippen LogP contribution is 2.24. The number of hydrogen-bond acceptors (Lipinski definition) is 5. The van der Waals surface area contributed by atoms with Crippen LogP contribution in [-0.4, -0.2) is 22.0 Å². The molecule has 0 unspecified atom stereocenters. The Balaban J connectivity index is 1.77. The Kier molecular flexibility index (Phi) is 4.33. The SMILES string of the molecule is Cc1onc(-c2ccccc2)c1C(=O)NNC(=O)c1ccccn1. The van der Waals surface area contributed by atoms with E-state index >= 15 is 0 Å². The second-order valence-electron chi connectivity index (χ2n) is 4.95. The van der Waals surface area contributed by atoms with Crippen molar-refractivity contribution < 1.29 is 14.1 Å². The summed E-state index contributed by atoms with van der Waals surface area (Å²) in [6, 6.07) is 14.1. The third-order valence-electron chi connectivity index (χ3n) is 3.32. The monoisotopic (exact) mass is 322 g/mol. The van der Waals surface area contributed by atoms with Crippen molar-refractivity contribution in [1.29, 1.82) is 0 Å². The number of hydrazine groups is 1. The molecule has 3 aromatic rings. The van der Waals surface area contributed by atoms with E-state index in [0.29, 0.717) is 11.5 Å². The predicted molar refractivity (Wildman–Crippen MR) is 85.8 cm³/mol. The summed E-state index contributed by atoms with van der Waals surface area (Å²) < 4.78 is 5.13. The van der Waals surface area contributed by atoms with E-state index in [4.69, 9.17) is 4.52 Å². The van der Waals surface area contributed by atoms with Crippen molar-refractivity contribution in [2.75, 3.05) is 0 Å². The Hall–Kier alpha value is -3.48. The maximum atomic E-state index is 12.4. The van der Waals surface area contributed by atoms with E-state index in [1.165, 1.54) is 6.20 Å². The van der Waals surface area contributed by atoms with Gasteiger partial charge in [0.15, 0.2) is 0 Å². The van der Waals surface area contributed by atoms with Gasteiger partial charge >= 0.3 is 0 Å². The molecule has 0 aliphatic rings. The minimum Gasteiger partial charge on any atom is -0.360 e.